The Morgan fingerprint density at radius 2 is 2.17 bits per heavy atom. The van der Waals surface area contributed by atoms with E-state index in [9.17, 15) is 8.42 Å². The lowest BCUT2D eigenvalue weighted by Gasteiger charge is -2.17. The largest absolute Gasteiger partial charge is 0.357 e. The summed E-state index contributed by atoms with van der Waals surface area (Å²) < 4.78 is 24.6. The van der Waals surface area contributed by atoms with Crippen molar-refractivity contribution in [3.63, 3.8) is 0 Å². The van der Waals surface area contributed by atoms with Crippen LogP contribution in [-0.2, 0) is 16.4 Å². The molecule has 0 bridgehead atoms. The van der Waals surface area contributed by atoms with Crippen molar-refractivity contribution in [2.45, 2.75) is 52.6 Å². The number of hydrogen-bond acceptors (Lipinski definition) is 4. The summed E-state index contributed by atoms with van der Waals surface area (Å²) in [6, 6.07) is 0.0612. The van der Waals surface area contributed by atoms with Crippen LogP contribution in [-0.4, -0.2) is 55.1 Å². The number of unbranched alkanes of at least 4 members (excludes halogenated alkanes) is 1. The number of aliphatic imine (C=N–C) groups is 1. The smallest absolute Gasteiger partial charge is 0.191 e. The molecule has 0 aliphatic rings. The minimum absolute atomic E-state index is 0.0612. The van der Waals surface area contributed by atoms with Gasteiger partial charge in [-0.1, -0.05) is 0 Å². The molecule has 0 aliphatic heterocycles. The summed E-state index contributed by atoms with van der Waals surface area (Å²) in [5.74, 6) is 1.97. The lowest BCUT2D eigenvalue weighted by Crippen LogP contribution is -2.42. The number of aryl methyl sites for hydroxylation is 2. The zero-order valence-corrected chi connectivity index (χ0v) is 16.1. The van der Waals surface area contributed by atoms with Gasteiger partial charge in [-0.05, 0) is 40.0 Å². The first-order chi connectivity index (χ1) is 11.3. The summed E-state index contributed by atoms with van der Waals surface area (Å²) in [4.78, 5) is 8.77. The molecule has 0 amide bonds. The van der Waals surface area contributed by atoms with Crippen LogP contribution >= 0.6 is 0 Å². The molecular weight excluding hydrogens is 326 g/mol. The molecule has 0 saturated carbocycles. The molecule has 0 fully saturated rings. The average molecular weight is 358 g/mol. The number of nitrogens with one attached hydrogen (secondary N) is 2. The Morgan fingerprint density at radius 1 is 1.42 bits per heavy atom. The van der Waals surface area contributed by atoms with Gasteiger partial charge >= 0.3 is 0 Å². The summed E-state index contributed by atoms with van der Waals surface area (Å²) >= 11 is 0. The van der Waals surface area contributed by atoms with E-state index >= 15 is 0 Å². The third-order valence-electron chi connectivity index (χ3n) is 3.65. The predicted octanol–water partition coefficient (Wildman–Crippen LogP) is 1.35. The molecule has 1 aromatic rings. The van der Waals surface area contributed by atoms with Gasteiger partial charge in [-0.2, -0.15) is 0 Å². The van der Waals surface area contributed by atoms with Gasteiger partial charge in [-0.25, -0.2) is 13.4 Å². The fraction of sp³-hybridized carbons (Fsp3) is 0.750. The number of nitrogens with zero attached hydrogens (tertiary/aromatic N) is 3. The highest BCUT2D eigenvalue weighted by atomic mass is 32.2. The van der Waals surface area contributed by atoms with Crippen molar-refractivity contribution in [3.8, 4) is 0 Å². The first-order valence-corrected chi connectivity index (χ1v) is 10.6. The summed E-state index contributed by atoms with van der Waals surface area (Å²) in [6.07, 6.45) is 7.69. The Bertz CT molecular complexity index is 610. The second kappa shape index (κ2) is 10.3. The molecule has 0 aliphatic carbocycles. The molecule has 0 aromatic carbocycles. The van der Waals surface area contributed by atoms with Gasteiger partial charge in [-0.3, -0.25) is 4.99 Å². The Kier molecular flexibility index (Phi) is 8.81. The Hall–Kier alpha value is -1.57. The highest BCUT2D eigenvalue weighted by molar-refractivity contribution is 7.90. The SMILES string of the molecule is CCNC(=NCCCCn1ccnc1C)NC(C)CCS(C)(=O)=O. The molecule has 0 spiro atoms. The van der Waals surface area contributed by atoms with Gasteiger partial charge < -0.3 is 15.2 Å². The molecule has 8 heteroatoms. The molecule has 24 heavy (non-hydrogen) atoms. The van der Waals surface area contributed by atoms with Gasteiger partial charge in [0, 0.05) is 44.3 Å². The molecule has 138 valence electrons. The van der Waals surface area contributed by atoms with Crippen molar-refractivity contribution < 1.29 is 8.42 Å². The highest BCUT2D eigenvalue weighted by Crippen LogP contribution is 2.00. The van der Waals surface area contributed by atoms with Gasteiger partial charge in [0.15, 0.2) is 5.96 Å². The number of guanidine groups is 1. The van der Waals surface area contributed by atoms with Crippen molar-refractivity contribution in [3.05, 3.63) is 18.2 Å². The van der Waals surface area contributed by atoms with Crippen molar-refractivity contribution in [2.75, 3.05) is 25.1 Å². The second-order valence-electron chi connectivity index (χ2n) is 6.10. The summed E-state index contributed by atoms with van der Waals surface area (Å²) in [7, 11) is -2.92. The van der Waals surface area contributed by atoms with E-state index in [1.165, 1.54) is 6.26 Å². The minimum atomic E-state index is -2.92. The summed E-state index contributed by atoms with van der Waals surface area (Å²) in [5.41, 5.74) is 0. The van der Waals surface area contributed by atoms with E-state index in [1.54, 1.807) is 0 Å². The van der Waals surface area contributed by atoms with Crippen LogP contribution in [0.4, 0.5) is 0 Å². The Morgan fingerprint density at radius 3 is 2.75 bits per heavy atom. The Labute approximate surface area is 145 Å². The number of rotatable bonds is 10. The average Bonchev–Trinajstić information content (AvgIpc) is 2.89. The van der Waals surface area contributed by atoms with E-state index in [0.29, 0.717) is 6.42 Å². The van der Waals surface area contributed by atoms with Gasteiger partial charge in [0.25, 0.3) is 0 Å². The highest BCUT2D eigenvalue weighted by Gasteiger charge is 2.09. The first kappa shape index (κ1) is 20.5. The molecule has 1 rings (SSSR count). The van der Waals surface area contributed by atoms with Crippen LogP contribution in [0.2, 0.25) is 0 Å². The van der Waals surface area contributed by atoms with Gasteiger partial charge in [-0.15, -0.1) is 0 Å². The second-order valence-corrected chi connectivity index (χ2v) is 8.36. The molecule has 1 atom stereocenters. The topological polar surface area (TPSA) is 88.4 Å². The quantitative estimate of drug-likeness (QED) is 0.375. The number of aromatic nitrogens is 2. The van der Waals surface area contributed by atoms with E-state index in [1.807, 2.05) is 33.2 Å². The monoisotopic (exact) mass is 357 g/mol. The molecule has 2 N–H and O–H groups in total. The normalized spacial score (nSPS) is 13.8. The van der Waals surface area contributed by atoms with E-state index in [-0.39, 0.29) is 11.8 Å². The first-order valence-electron chi connectivity index (χ1n) is 8.52. The van der Waals surface area contributed by atoms with Crippen LogP contribution in [0.25, 0.3) is 0 Å². The lowest BCUT2D eigenvalue weighted by molar-refractivity contribution is 0.579. The Balaban J connectivity index is 2.34. The van der Waals surface area contributed by atoms with Gasteiger partial charge in [0.1, 0.15) is 15.7 Å². The van der Waals surface area contributed by atoms with Crippen molar-refractivity contribution in [1.82, 2.24) is 20.2 Å². The summed E-state index contributed by atoms with van der Waals surface area (Å²) in [6.45, 7) is 8.46. The standard InChI is InChI=1S/C16H31N5O2S/c1-5-17-16(20-14(2)8-13-24(4,22)23)19-9-6-7-11-21-12-10-18-15(21)3/h10,12,14H,5-9,11,13H2,1-4H3,(H2,17,19,20). The van der Waals surface area contributed by atoms with Gasteiger partial charge in [0.05, 0.1) is 5.75 Å². The third kappa shape index (κ3) is 8.90. The van der Waals surface area contributed by atoms with Crippen molar-refractivity contribution in [2.24, 2.45) is 4.99 Å². The molecular formula is C16H31N5O2S. The maximum absolute atomic E-state index is 11.2. The maximum atomic E-state index is 11.2. The van der Waals surface area contributed by atoms with E-state index < -0.39 is 9.84 Å². The number of sulfone groups is 1. The maximum Gasteiger partial charge on any atom is 0.191 e. The van der Waals surface area contributed by atoms with Crippen LogP contribution in [0, 0.1) is 6.92 Å². The van der Waals surface area contributed by atoms with Crippen molar-refractivity contribution in [1.29, 1.82) is 0 Å². The fourth-order valence-electron chi connectivity index (χ4n) is 2.24. The van der Waals surface area contributed by atoms with Crippen LogP contribution < -0.4 is 10.6 Å². The predicted molar refractivity (Wildman–Crippen MR) is 99.1 cm³/mol. The molecule has 0 saturated heterocycles. The molecule has 0 radical (unpaired) electrons. The molecule has 1 heterocycles. The van der Waals surface area contributed by atoms with Crippen LogP contribution in [0.3, 0.4) is 0 Å². The van der Waals surface area contributed by atoms with Crippen LogP contribution in [0.15, 0.2) is 17.4 Å². The minimum Gasteiger partial charge on any atom is -0.357 e. The van der Waals surface area contributed by atoms with E-state index in [4.69, 9.17) is 0 Å². The number of imidazole rings is 1. The zero-order valence-electron chi connectivity index (χ0n) is 15.2. The van der Waals surface area contributed by atoms with Crippen LogP contribution in [0.1, 0.15) is 38.9 Å². The lowest BCUT2D eigenvalue weighted by atomic mass is 10.2. The van der Waals surface area contributed by atoms with Crippen molar-refractivity contribution >= 4 is 15.8 Å². The molecule has 1 unspecified atom stereocenters. The van der Waals surface area contributed by atoms with E-state index in [0.717, 1.165) is 44.3 Å². The third-order valence-corrected chi connectivity index (χ3v) is 4.63. The molecule has 7 nitrogen and oxygen atoms in total. The fourth-order valence-corrected chi connectivity index (χ4v) is 3.02. The van der Waals surface area contributed by atoms with Crippen LogP contribution in [0.5, 0.6) is 0 Å². The zero-order chi connectivity index (χ0) is 18.0. The number of hydrogen-bond donors (Lipinski definition) is 2. The van der Waals surface area contributed by atoms with E-state index in [2.05, 4.69) is 25.2 Å². The van der Waals surface area contributed by atoms with Gasteiger partial charge in [0.2, 0.25) is 0 Å². The summed E-state index contributed by atoms with van der Waals surface area (Å²) in [5, 5.41) is 6.46. The molecule has 1 aromatic heterocycles.